The second-order valence-corrected chi connectivity index (χ2v) is 7.96. The maximum Gasteiger partial charge on any atom is 0.0406 e. The van der Waals surface area contributed by atoms with E-state index >= 15 is 0 Å². The van der Waals surface area contributed by atoms with Crippen LogP contribution < -0.4 is 5.32 Å². The fourth-order valence-corrected chi connectivity index (χ4v) is 4.82. The Morgan fingerprint density at radius 1 is 1.19 bits per heavy atom. The molecule has 0 bridgehead atoms. The number of hydrogen-bond donors (Lipinski definition) is 1. The van der Waals surface area contributed by atoms with Gasteiger partial charge in [-0.25, -0.2) is 0 Å². The summed E-state index contributed by atoms with van der Waals surface area (Å²) in [6.45, 7) is 7.13. The Bertz CT molecular complexity index is 463. The van der Waals surface area contributed by atoms with Crippen molar-refractivity contribution in [3.05, 3.63) is 34.9 Å². The summed E-state index contributed by atoms with van der Waals surface area (Å²) in [6.07, 6.45) is 7.00. The molecule has 1 spiro atoms. The Kier molecular flexibility index (Phi) is 4.61. The molecule has 0 radical (unpaired) electrons. The second-order valence-electron chi connectivity index (χ2n) is 7.52. The average molecular weight is 306 g/mol. The van der Waals surface area contributed by atoms with Crippen molar-refractivity contribution in [2.24, 2.45) is 17.3 Å². The van der Waals surface area contributed by atoms with E-state index in [1.54, 1.807) is 0 Å². The lowest BCUT2D eigenvalue weighted by Gasteiger charge is -2.50. The highest BCUT2D eigenvalue weighted by molar-refractivity contribution is 6.30. The highest BCUT2D eigenvalue weighted by Crippen LogP contribution is 2.53. The average Bonchev–Trinajstić information content (AvgIpc) is 2.49. The van der Waals surface area contributed by atoms with E-state index in [1.165, 1.54) is 44.2 Å². The first kappa shape index (κ1) is 15.4. The number of nitrogens with one attached hydrogen (secondary N) is 1. The molecule has 116 valence electrons. The minimum atomic E-state index is 0.520. The van der Waals surface area contributed by atoms with Crippen molar-refractivity contribution in [1.82, 2.24) is 5.32 Å². The van der Waals surface area contributed by atoms with Crippen LogP contribution in [0.25, 0.3) is 0 Å². The third kappa shape index (κ3) is 3.14. The number of halogens is 1. The van der Waals surface area contributed by atoms with Crippen LogP contribution in [0.5, 0.6) is 0 Å². The van der Waals surface area contributed by atoms with Crippen LogP contribution in [0.4, 0.5) is 0 Å². The van der Waals surface area contributed by atoms with Crippen LogP contribution in [0.1, 0.15) is 57.4 Å². The zero-order valence-electron chi connectivity index (χ0n) is 13.4. The van der Waals surface area contributed by atoms with Crippen molar-refractivity contribution < 1.29 is 0 Å². The van der Waals surface area contributed by atoms with Gasteiger partial charge in [0.1, 0.15) is 0 Å². The fraction of sp³-hybridized carbons (Fsp3) is 0.684. The zero-order chi connectivity index (χ0) is 14.9. The van der Waals surface area contributed by atoms with Gasteiger partial charge in [-0.15, -0.1) is 0 Å². The molecule has 2 aliphatic rings. The van der Waals surface area contributed by atoms with Crippen molar-refractivity contribution in [2.75, 3.05) is 13.1 Å². The van der Waals surface area contributed by atoms with E-state index in [0.717, 1.165) is 23.4 Å². The standard InChI is InChI=1S/C19H28ClN/c1-14(2)16-4-3-9-19(12-16)10-11-21-13-18(19)15-5-7-17(20)8-6-15/h5-8,14,16,18,21H,3-4,9-13H2,1-2H3. The van der Waals surface area contributed by atoms with Crippen molar-refractivity contribution in [2.45, 2.75) is 51.9 Å². The number of hydrogen-bond acceptors (Lipinski definition) is 1. The van der Waals surface area contributed by atoms with E-state index in [-0.39, 0.29) is 0 Å². The second kappa shape index (κ2) is 6.30. The molecule has 21 heavy (non-hydrogen) atoms. The smallest absolute Gasteiger partial charge is 0.0406 e. The summed E-state index contributed by atoms with van der Waals surface area (Å²) >= 11 is 6.08. The van der Waals surface area contributed by atoms with Gasteiger partial charge in [-0.2, -0.15) is 0 Å². The van der Waals surface area contributed by atoms with Crippen LogP contribution in [-0.4, -0.2) is 13.1 Å². The van der Waals surface area contributed by atoms with Gasteiger partial charge >= 0.3 is 0 Å². The minimum Gasteiger partial charge on any atom is -0.316 e. The van der Waals surface area contributed by atoms with Gasteiger partial charge in [0.05, 0.1) is 0 Å². The lowest BCUT2D eigenvalue weighted by molar-refractivity contribution is 0.0545. The molecule has 3 atom stereocenters. The van der Waals surface area contributed by atoms with Crippen molar-refractivity contribution in [3.63, 3.8) is 0 Å². The molecule has 0 aromatic heterocycles. The van der Waals surface area contributed by atoms with E-state index in [4.69, 9.17) is 11.6 Å². The summed E-state index contributed by atoms with van der Waals surface area (Å²) in [4.78, 5) is 0. The quantitative estimate of drug-likeness (QED) is 0.787. The fourth-order valence-electron chi connectivity index (χ4n) is 4.70. The molecule has 2 heteroatoms. The molecule has 1 saturated heterocycles. The van der Waals surface area contributed by atoms with Crippen LogP contribution in [0.3, 0.4) is 0 Å². The Morgan fingerprint density at radius 2 is 1.95 bits per heavy atom. The molecule has 1 saturated carbocycles. The molecule has 1 aliphatic carbocycles. The summed E-state index contributed by atoms with van der Waals surface area (Å²) in [6, 6.07) is 8.62. The van der Waals surface area contributed by atoms with Crippen molar-refractivity contribution in [1.29, 1.82) is 0 Å². The largest absolute Gasteiger partial charge is 0.316 e. The molecule has 1 nitrogen and oxygen atoms in total. The summed E-state index contributed by atoms with van der Waals surface area (Å²) < 4.78 is 0. The van der Waals surface area contributed by atoms with Crippen LogP contribution in [0, 0.1) is 17.3 Å². The van der Waals surface area contributed by atoms with Gasteiger partial charge in [-0.1, -0.05) is 50.4 Å². The predicted molar refractivity (Wildman–Crippen MR) is 90.9 cm³/mol. The van der Waals surface area contributed by atoms with Gasteiger partial charge in [0.25, 0.3) is 0 Å². The van der Waals surface area contributed by atoms with Crippen LogP contribution in [0.15, 0.2) is 24.3 Å². The Labute approximate surface area is 134 Å². The maximum absolute atomic E-state index is 6.08. The van der Waals surface area contributed by atoms with E-state index in [1.807, 2.05) is 0 Å². The Balaban J connectivity index is 1.88. The summed E-state index contributed by atoms with van der Waals surface area (Å²) in [7, 11) is 0. The maximum atomic E-state index is 6.08. The monoisotopic (exact) mass is 305 g/mol. The molecular weight excluding hydrogens is 278 g/mol. The van der Waals surface area contributed by atoms with Crippen molar-refractivity contribution >= 4 is 11.6 Å². The normalized spacial score (nSPS) is 33.5. The van der Waals surface area contributed by atoms with Crippen molar-refractivity contribution in [3.8, 4) is 0 Å². The first-order valence-corrected chi connectivity index (χ1v) is 8.95. The molecule has 1 aliphatic heterocycles. The molecule has 3 unspecified atom stereocenters. The molecule has 3 rings (SSSR count). The van der Waals surface area contributed by atoms with Crippen LogP contribution in [-0.2, 0) is 0 Å². The third-order valence-corrected chi connectivity index (χ3v) is 6.27. The highest BCUT2D eigenvalue weighted by atomic mass is 35.5. The lowest BCUT2D eigenvalue weighted by Crippen LogP contribution is -2.46. The van der Waals surface area contributed by atoms with E-state index < -0.39 is 0 Å². The molecule has 1 N–H and O–H groups in total. The van der Waals surface area contributed by atoms with E-state index in [0.29, 0.717) is 11.3 Å². The highest BCUT2D eigenvalue weighted by Gasteiger charge is 2.44. The predicted octanol–water partition coefficient (Wildman–Crippen LogP) is 5.25. The molecule has 0 amide bonds. The Hall–Kier alpha value is -0.530. The summed E-state index contributed by atoms with van der Waals surface area (Å²) in [5.74, 6) is 2.39. The number of piperidine rings is 1. The SMILES string of the molecule is CC(C)C1CCCC2(CCNCC2c2ccc(Cl)cc2)C1. The van der Waals surface area contributed by atoms with E-state index in [2.05, 4.69) is 43.4 Å². The van der Waals surface area contributed by atoms with Gasteiger partial charge < -0.3 is 5.32 Å². The van der Waals surface area contributed by atoms with Gasteiger partial charge in [-0.3, -0.25) is 0 Å². The molecule has 1 aromatic carbocycles. The van der Waals surface area contributed by atoms with E-state index in [9.17, 15) is 0 Å². The van der Waals surface area contributed by atoms with Crippen LogP contribution in [0.2, 0.25) is 5.02 Å². The molecule has 1 aromatic rings. The number of benzene rings is 1. The minimum absolute atomic E-state index is 0.520. The Morgan fingerprint density at radius 3 is 2.67 bits per heavy atom. The van der Waals surface area contributed by atoms with Gasteiger partial charge in [-0.05, 0) is 60.8 Å². The molecular formula is C19H28ClN. The van der Waals surface area contributed by atoms with Gasteiger partial charge in [0.2, 0.25) is 0 Å². The molecule has 1 heterocycles. The summed E-state index contributed by atoms with van der Waals surface area (Å²) in [5.41, 5.74) is 2.00. The number of rotatable bonds is 2. The first-order chi connectivity index (χ1) is 10.1. The first-order valence-electron chi connectivity index (χ1n) is 8.57. The summed E-state index contributed by atoms with van der Waals surface area (Å²) in [5, 5.41) is 4.48. The zero-order valence-corrected chi connectivity index (χ0v) is 14.1. The molecule has 2 fully saturated rings. The third-order valence-electron chi connectivity index (χ3n) is 6.02. The lowest BCUT2D eigenvalue weighted by atomic mass is 9.57. The topological polar surface area (TPSA) is 12.0 Å². The van der Waals surface area contributed by atoms with Gasteiger partial charge in [0, 0.05) is 17.5 Å². The van der Waals surface area contributed by atoms with Gasteiger partial charge in [0.15, 0.2) is 0 Å². The van der Waals surface area contributed by atoms with Crippen LogP contribution >= 0.6 is 11.6 Å².